The number of carbonyl (C=O) groups excluding carboxylic acids is 3. The number of likely N-dealkylation sites (tertiary alicyclic amines) is 1. The van der Waals surface area contributed by atoms with Crippen molar-refractivity contribution in [1.29, 1.82) is 0 Å². The maximum atomic E-state index is 12.2. The summed E-state index contributed by atoms with van der Waals surface area (Å²) in [5.41, 5.74) is 5.97. The van der Waals surface area contributed by atoms with Crippen LogP contribution in [-0.4, -0.2) is 42.4 Å². The molecule has 1 aromatic carbocycles. The third kappa shape index (κ3) is 5.71. The lowest BCUT2D eigenvalue weighted by atomic mass is 9.96. The van der Waals surface area contributed by atoms with E-state index in [0.29, 0.717) is 32.5 Å². The molecule has 1 aliphatic rings. The van der Waals surface area contributed by atoms with Crippen LogP contribution >= 0.6 is 0 Å². The largest absolute Gasteiger partial charge is 0.352 e. The van der Waals surface area contributed by atoms with E-state index in [1.165, 1.54) is 0 Å². The normalized spacial score (nSPS) is 15.8. The first-order valence-electron chi connectivity index (χ1n) is 7.68. The topological polar surface area (TPSA) is 105 Å². The van der Waals surface area contributed by atoms with E-state index in [9.17, 15) is 14.4 Å². The van der Waals surface area contributed by atoms with Crippen LogP contribution in [0.3, 0.4) is 0 Å². The molecule has 0 bridgehead atoms. The highest BCUT2D eigenvalue weighted by Crippen LogP contribution is 2.17. The van der Waals surface area contributed by atoms with E-state index >= 15 is 0 Å². The van der Waals surface area contributed by atoms with E-state index in [0.717, 1.165) is 5.56 Å². The molecule has 4 amide bonds. The number of nitrogens with two attached hydrogens (primary N) is 1. The number of nitrogens with one attached hydrogen (secondary N) is 2. The van der Waals surface area contributed by atoms with E-state index in [1.807, 2.05) is 40.5 Å². The maximum absolute atomic E-state index is 12.2. The average Bonchev–Trinajstić information content (AvgIpc) is 2.53. The van der Waals surface area contributed by atoms with Gasteiger partial charge in [-0.2, -0.15) is 0 Å². The van der Waals surface area contributed by atoms with Gasteiger partial charge >= 0.3 is 6.03 Å². The summed E-state index contributed by atoms with van der Waals surface area (Å²) in [6.07, 6.45) is 1.40. The summed E-state index contributed by atoms with van der Waals surface area (Å²) < 4.78 is 0. The molecule has 1 fully saturated rings. The molecule has 0 unspecified atom stereocenters. The van der Waals surface area contributed by atoms with Crippen LogP contribution in [0, 0.1) is 5.92 Å². The Labute approximate surface area is 135 Å². The molecule has 1 heterocycles. The molecular formula is C16H22N4O3. The van der Waals surface area contributed by atoms with Crippen molar-refractivity contribution < 1.29 is 14.4 Å². The lowest BCUT2D eigenvalue weighted by Gasteiger charge is -2.30. The number of carbonyl (C=O) groups is 3. The molecule has 0 aromatic heterocycles. The molecule has 0 aliphatic carbocycles. The van der Waals surface area contributed by atoms with Gasteiger partial charge in [-0.05, 0) is 31.5 Å². The van der Waals surface area contributed by atoms with Crippen LogP contribution in [-0.2, 0) is 16.1 Å². The van der Waals surface area contributed by atoms with Gasteiger partial charge in [-0.25, -0.2) is 4.79 Å². The van der Waals surface area contributed by atoms with Gasteiger partial charge in [0.05, 0.1) is 6.54 Å². The zero-order valence-corrected chi connectivity index (χ0v) is 13.0. The first kappa shape index (κ1) is 17.0. The van der Waals surface area contributed by atoms with Gasteiger partial charge in [0, 0.05) is 12.5 Å². The quantitative estimate of drug-likeness (QED) is 0.722. The van der Waals surface area contributed by atoms with Gasteiger partial charge in [-0.3, -0.25) is 19.8 Å². The second kappa shape index (κ2) is 8.28. The van der Waals surface area contributed by atoms with Crippen molar-refractivity contribution in [3.63, 3.8) is 0 Å². The van der Waals surface area contributed by atoms with Gasteiger partial charge in [0.2, 0.25) is 11.8 Å². The van der Waals surface area contributed by atoms with Crippen molar-refractivity contribution in [2.45, 2.75) is 19.4 Å². The van der Waals surface area contributed by atoms with E-state index in [1.54, 1.807) is 0 Å². The van der Waals surface area contributed by atoms with E-state index in [2.05, 4.69) is 5.32 Å². The molecular weight excluding hydrogens is 296 g/mol. The van der Waals surface area contributed by atoms with E-state index in [4.69, 9.17) is 5.73 Å². The Morgan fingerprint density at radius 1 is 1.13 bits per heavy atom. The third-order valence-electron chi connectivity index (χ3n) is 3.90. The molecule has 0 saturated carbocycles. The number of benzene rings is 1. The number of hydrogen-bond donors (Lipinski definition) is 3. The number of nitrogens with zero attached hydrogens (tertiary/aromatic N) is 1. The highest BCUT2D eigenvalue weighted by molar-refractivity contribution is 5.94. The molecule has 7 nitrogen and oxygen atoms in total. The Morgan fingerprint density at radius 3 is 2.39 bits per heavy atom. The van der Waals surface area contributed by atoms with Gasteiger partial charge in [-0.1, -0.05) is 30.3 Å². The van der Waals surface area contributed by atoms with Gasteiger partial charge in [0.15, 0.2) is 0 Å². The number of imide groups is 1. The first-order chi connectivity index (χ1) is 11.0. The summed E-state index contributed by atoms with van der Waals surface area (Å²) in [4.78, 5) is 36.2. The fourth-order valence-electron chi connectivity index (χ4n) is 2.66. The summed E-state index contributed by atoms with van der Waals surface area (Å²) in [6, 6.07) is 8.93. The fourth-order valence-corrected chi connectivity index (χ4v) is 2.66. The van der Waals surface area contributed by atoms with Crippen LogP contribution in [0.5, 0.6) is 0 Å². The molecule has 124 valence electrons. The zero-order valence-electron chi connectivity index (χ0n) is 13.0. The van der Waals surface area contributed by atoms with Crippen LogP contribution < -0.4 is 16.4 Å². The Hall–Kier alpha value is -2.41. The summed E-state index contributed by atoms with van der Waals surface area (Å²) in [6.45, 7) is 1.95. The maximum Gasteiger partial charge on any atom is 0.318 e. The fraction of sp³-hybridized carbons (Fsp3) is 0.438. The lowest BCUT2D eigenvalue weighted by molar-refractivity contribution is -0.126. The minimum Gasteiger partial charge on any atom is -0.352 e. The number of piperidine rings is 1. The highest BCUT2D eigenvalue weighted by atomic mass is 16.2. The molecule has 0 spiro atoms. The van der Waals surface area contributed by atoms with Crippen LogP contribution in [0.1, 0.15) is 18.4 Å². The summed E-state index contributed by atoms with van der Waals surface area (Å²) in [5.74, 6) is -0.395. The Kier molecular flexibility index (Phi) is 6.10. The number of primary amides is 1. The second-order valence-electron chi connectivity index (χ2n) is 5.67. The van der Waals surface area contributed by atoms with Gasteiger partial charge in [-0.15, -0.1) is 0 Å². The standard InChI is InChI=1S/C16H22N4O3/c17-16(23)19-14(21)11-20-8-6-13(7-9-20)15(22)18-10-12-4-2-1-3-5-12/h1-5,13H,6-11H2,(H,18,22)(H3,17,19,21,23). The third-order valence-corrected chi connectivity index (χ3v) is 3.90. The van der Waals surface area contributed by atoms with E-state index in [-0.39, 0.29) is 18.4 Å². The van der Waals surface area contributed by atoms with E-state index < -0.39 is 11.9 Å². The second-order valence-corrected chi connectivity index (χ2v) is 5.67. The number of hydrogen-bond acceptors (Lipinski definition) is 4. The number of amides is 4. The van der Waals surface area contributed by atoms with Crippen LogP contribution in [0.25, 0.3) is 0 Å². The van der Waals surface area contributed by atoms with Crippen molar-refractivity contribution in [3.8, 4) is 0 Å². The van der Waals surface area contributed by atoms with Crippen LogP contribution in [0.15, 0.2) is 30.3 Å². The van der Waals surface area contributed by atoms with Crippen molar-refractivity contribution in [2.75, 3.05) is 19.6 Å². The van der Waals surface area contributed by atoms with Gasteiger partial charge < -0.3 is 11.1 Å². The van der Waals surface area contributed by atoms with Gasteiger partial charge in [0.25, 0.3) is 0 Å². The predicted octanol–water partition coefficient (Wildman–Crippen LogP) is 0.210. The smallest absolute Gasteiger partial charge is 0.318 e. The molecule has 1 aliphatic heterocycles. The van der Waals surface area contributed by atoms with Crippen molar-refractivity contribution in [3.05, 3.63) is 35.9 Å². The number of urea groups is 1. The summed E-state index contributed by atoms with van der Waals surface area (Å²) in [7, 11) is 0. The Morgan fingerprint density at radius 2 is 1.78 bits per heavy atom. The summed E-state index contributed by atoms with van der Waals surface area (Å²) >= 11 is 0. The monoisotopic (exact) mass is 318 g/mol. The van der Waals surface area contributed by atoms with Crippen LogP contribution in [0.4, 0.5) is 4.79 Å². The minimum absolute atomic E-state index is 0.0332. The molecule has 0 atom stereocenters. The highest BCUT2D eigenvalue weighted by Gasteiger charge is 2.25. The van der Waals surface area contributed by atoms with Crippen molar-refractivity contribution in [2.24, 2.45) is 11.7 Å². The summed E-state index contributed by atoms with van der Waals surface area (Å²) in [5, 5.41) is 4.99. The Bertz CT molecular complexity index is 554. The molecule has 4 N–H and O–H groups in total. The first-order valence-corrected chi connectivity index (χ1v) is 7.68. The lowest BCUT2D eigenvalue weighted by Crippen LogP contribution is -2.46. The molecule has 1 aromatic rings. The van der Waals surface area contributed by atoms with Gasteiger partial charge in [0.1, 0.15) is 0 Å². The minimum atomic E-state index is -0.842. The SMILES string of the molecule is NC(=O)NC(=O)CN1CCC(C(=O)NCc2ccccc2)CC1. The van der Waals surface area contributed by atoms with Crippen LogP contribution in [0.2, 0.25) is 0 Å². The molecule has 1 saturated heterocycles. The Balaban J connectivity index is 1.70. The van der Waals surface area contributed by atoms with Crippen molar-refractivity contribution in [1.82, 2.24) is 15.5 Å². The predicted molar refractivity (Wildman–Crippen MR) is 85.2 cm³/mol. The zero-order chi connectivity index (χ0) is 16.7. The molecule has 0 radical (unpaired) electrons. The average molecular weight is 318 g/mol. The number of rotatable bonds is 5. The molecule has 23 heavy (non-hydrogen) atoms. The van der Waals surface area contributed by atoms with Crippen molar-refractivity contribution >= 4 is 17.8 Å². The molecule has 7 heteroatoms. The molecule has 2 rings (SSSR count).